The van der Waals surface area contributed by atoms with Crippen LogP contribution in [0.4, 0.5) is 74.6 Å². The molecule has 0 amide bonds. The molecule has 0 N–H and O–H groups in total. The third kappa shape index (κ3) is 4.08. The van der Waals surface area contributed by atoms with Gasteiger partial charge in [-0.2, -0.15) is 74.6 Å². The number of epoxide rings is 1. The molecule has 2 unspecified atom stereocenters. The predicted molar refractivity (Wildman–Crippen MR) is 79.4 cm³/mol. The SMILES string of the molecule is FC(F)(F)C(F)(F)C(F)(F)C(F)(F)C(F)(F)C(F)(F)C(F)(F)C(F)(F)CC1OC1c1ccccc1. The van der Waals surface area contributed by atoms with Crippen LogP contribution in [0.15, 0.2) is 30.3 Å². The average Bonchev–Trinajstić information content (AvgIpc) is 3.45. The van der Waals surface area contributed by atoms with Crippen molar-refractivity contribution in [1.82, 2.24) is 0 Å². The fraction of sp³-hybridized carbons (Fsp3) is 0.647. The number of alkyl halides is 17. The number of ether oxygens (including phenoxy) is 1. The zero-order valence-corrected chi connectivity index (χ0v) is 16.1. The highest BCUT2D eigenvalue weighted by molar-refractivity contribution is 5.23. The van der Waals surface area contributed by atoms with Gasteiger partial charge in [-0.25, -0.2) is 0 Å². The van der Waals surface area contributed by atoms with Crippen LogP contribution in [-0.2, 0) is 4.74 Å². The van der Waals surface area contributed by atoms with Crippen molar-refractivity contribution < 1.29 is 79.4 Å². The summed E-state index contributed by atoms with van der Waals surface area (Å²) in [6, 6.07) is 6.24. The van der Waals surface area contributed by atoms with Crippen molar-refractivity contribution in [3.05, 3.63) is 35.9 Å². The normalized spacial score (nSPS) is 21.3. The molecule has 35 heavy (non-hydrogen) atoms. The Labute approximate surface area is 182 Å². The van der Waals surface area contributed by atoms with Crippen LogP contribution in [0.3, 0.4) is 0 Å². The van der Waals surface area contributed by atoms with Crippen LogP contribution in [0, 0.1) is 0 Å². The lowest BCUT2D eigenvalue weighted by Gasteiger charge is -2.42. The summed E-state index contributed by atoms with van der Waals surface area (Å²) < 4.78 is 229. The lowest BCUT2D eigenvalue weighted by atomic mass is 9.87. The summed E-state index contributed by atoms with van der Waals surface area (Å²) in [6.45, 7) is 0. The number of rotatable bonds is 9. The summed E-state index contributed by atoms with van der Waals surface area (Å²) in [5.74, 6) is -56.2. The molecular weight excluding hydrogens is 543 g/mol. The largest absolute Gasteiger partial charge is 0.460 e. The van der Waals surface area contributed by atoms with E-state index in [1.807, 2.05) is 0 Å². The molecule has 2 rings (SSSR count). The molecule has 1 aromatic carbocycles. The Morgan fingerprint density at radius 1 is 0.514 bits per heavy atom. The summed E-state index contributed by atoms with van der Waals surface area (Å²) in [6.07, 6.45) is -13.9. The average molecular weight is 552 g/mol. The Morgan fingerprint density at radius 2 is 0.886 bits per heavy atom. The van der Waals surface area contributed by atoms with Crippen LogP contribution in [0.5, 0.6) is 0 Å². The van der Waals surface area contributed by atoms with Crippen molar-refractivity contribution >= 4 is 0 Å². The molecule has 0 bridgehead atoms. The first-order valence-corrected chi connectivity index (χ1v) is 8.73. The molecule has 1 saturated heterocycles. The van der Waals surface area contributed by atoms with Gasteiger partial charge in [0.05, 0.1) is 6.10 Å². The Balaban J connectivity index is 2.41. The third-order valence-electron chi connectivity index (χ3n) is 4.96. The Bertz CT molecular complexity index is 905. The first kappa shape index (κ1) is 29.2. The van der Waals surface area contributed by atoms with Gasteiger partial charge < -0.3 is 4.74 Å². The summed E-state index contributed by atoms with van der Waals surface area (Å²) in [4.78, 5) is 0. The van der Waals surface area contributed by atoms with Gasteiger partial charge >= 0.3 is 47.6 Å². The van der Waals surface area contributed by atoms with Gasteiger partial charge in [-0.15, -0.1) is 0 Å². The van der Waals surface area contributed by atoms with E-state index >= 15 is 0 Å². The number of hydrogen-bond acceptors (Lipinski definition) is 1. The van der Waals surface area contributed by atoms with E-state index in [0.29, 0.717) is 0 Å². The van der Waals surface area contributed by atoms with E-state index in [-0.39, 0.29) is 5.56 Å². The van der Waals surface area contributed by atoms with Crippen LogP contribution in [-0.4, -0.2) is 53.7 Å². The molecule has 0 saturated carbocycles. The minimum absolute atomic E-state index is 0.00531. The van der Waals surface area contributed by atoms with E-state index in [9.17, 15) is 74.6 Å². The number of benzene rings is 1. The van der Waals surface area contributed by atoms with Crippen molar-refractivity contribution in [3.8, 4) is 0 Å². The minimum Gasteiger partial charge on any atom is -0.364 e. The topological polar surface area (TPSA) is 12.5 Å². The standard InChI is InChI=1S/C17H9F17O/c18-10(19,6-8-9(35-8)7-4-2-1-3-5-7)11(20,21)12(22,23)13(24,25)14(26,27)15(28,29)16(30,31)17(32,33)34/h1-5,8-9H,6H2. The molecule has 18 heteroatoms. The van der Waals surface area contributed by atoms with E-state index < -0.39 is 66.3 Å². The lowest BCUT2D eigenvalue weighted by molar-refractivity contribution is -0.461. The molecule has 1 aromatic rings. The first-order chi connectivity index (χ1) is 15.3. The zero-order chi connectivity index (χ0) is 27.7. The maximum Gasteiger partial charge on any atom is 0.460 e. The smallest absolute Gasteiger partial charge is 0.364 e. The molecule has 0 radical (unpaired) electrons. The monoisotopic (exact) mass is 552 g/mol. The van der Waals surface area contributed by atoms with Crippen molar-refractivity contribution in [2.24, 2.45) is 0 Å². The fourth-order valence-corrected chi connectivity index (χ4v) is 2.81. The second-order valence-electron chi connectivity index (χ2n) is 7.36. The van der Waals surface area contributed by atoms with E-state index in [1.165, 1.54) is 18.2 Å². The number of hydrogen-bond donors (Lipinski definition) is 0. The molecular formula is C17H9F17O. The van der Waals surface area contributed by atoms with Gasteiger partial charge in [0.2, 0.25) is 0 Å². The minimum atomic E-state index is -8.62. The van der Waals surface area contributed by atoms with Crippen molar-refractivity contribution in [2.75, 3.05) is 0 Å². The van der Waals surface area contributed by atoms with Crippen molar-refractivity contribution in [3.63, 3.8) is 0 Å². The summed E-state index contributed by atoms with van der Waals surface area (Å²) >= 11 is 0. The second kappa shape index (κ2) is 7.99. The van der Waals surface area contributed by atoms with Gasteiger partial charge in [-0.05, 0) is 5.56 Å². The molecule has 1 heterocycles. The lowest BCUT2D eigenvalue weighted by Crippen LogP contribution is -2.74. The van der Waals surface area contributed by atoms with Crippen LogP contribution in [0.2, 0.25) is 0 Å². The van der Waals surface area contributed by atoms with Crippen LogP contribution in [0.1, 0.15) is 18.1 Å². The molecule has 202 valence electrons. The van der Waals surface area contributed by atoms with Gasteiger partial charge in [-0.1, -0.05) is 30.3 Å². The maximum absolute atomic E-state index is 13.9. The molecule has 2 atom stereocenters. The quantitative estimate of drug-likeness (QED) is 0.228. The molecule has 1 aliphatic rings. The molecule has 0 spiro atoms. The van der Waals surface area contributed by atoms with Crippen molar-refractivity contribution in [1.29, 1.82) is 0 Å². The van der Waals surface area contributed by atoms with E-state index in [2.05, 4.69) is 4.74 Å². The van der Waals surface area contributed by atoms with Crippen LogP contribution < -0.4 is 0 Å². The zero-order valence-electron chi connectivity index (χ0n) is 16.1. The summed E-state index contributed by atoms with van der Waals surface area (Å²) in [5.41, 5.74) is -0.00531. The van der Waals surface area contributed by atoms with E-state index in [1.54, 1.807) is 0 Å². The summed E-state index contributed by atoms with van der Waals surface area (Å²) in [5, 5.41) is 0. The van der Waals surface area contributed by atoms with Gasteiger partial charge in [0.1, 0.15) is 6.10 Å². The first-order valence-electron chi connectivity index (χ1n) is 8.73. The summed E-state index contributed by atoms with van der Waals surface area (Å²) in [7, 11) is 0. The Hall–Kier alpha value is -2.01. The highest BCUT2D eigenvalue weighted by Gasteiger charge is 2.95. The van der Waals surface area contributed by atoms with Crippen LogP contribution >= 0.6 is 0 Å². The molecule has 0 aromatic heterocycles. The number of halogens is 17. The van der Waals surface area contributed by atoms with Gasteiger partial charge in [0.15, 0.2) is 0 Å². The molecule has 0 aliphatic carbocycles. The molecule has 1 aliphatic heterocycles. The van der Waals surface area contributed by atoms with Gasteiger partial charge in [0.25, 0.3) is 0 Å². The highest BCUT2D eigenvalue weighted by atomic mass is 19.4. The van der Waals surface area contributed by atoms with Gasteiger partial charge in [0, 0.05) is 6.42 Å². The molecule has 1 fully saturated rings. The predicted octanol–water partition coefficient (Wildman–Crippen LogP) is 7.53. The Kier molecular flexibility index (Phi) is 6.68. The highest BCUT2D eigenvalue weighted by Crippen LogP contribution is 2.64. The molecule has 1 nitrogen and oxygen atoms in total. The van der Waals surface area contributed by atoms with Crippen LogP contribution in [0.25, 0.3) is 0 Å². The fourth-order valence-electron chi connectivity index (χ4n) is 2.81. The van der Waals surface area contributed by atoms with Crippen molar-refractivity contribution in [2.45, 2.75) is 66.3 Å². The third-order valence-corrected chi connectivity index (χ3v) is 4.96. The second-order valence-corrected chi connectivity index (χ2v) is 7.36. The Morgan fingerprint density at radius 3 is 1.29 bits per heavy atom. The van der Waals surface area contributed by atoms with E-state index in [4.69, 9.17) is 0 Å². The van der Waals surface area contributed by atoms with Gasteiger partial charge in [-0.3, -0.25) is 0 Å². The maximum atomic E-state index is 13.9. The van der Waals surface area contributed by atoms with E-state index in [0.717, 1.165) is 12.1 Å².